The zero-order chi connectivity index (χ0) is 18.8. The van der Waals surface area contributed by atoms with Crippen LogP contribution in [0.4, 0.5) is 0 Å². The van der Waals surface area contributed by atoms with Crippen molar-refractivity contribution in [3.05, 3.63) is 71.7 Å². The van der Waals surface area contributed by atoms with E-state index < -0.39 is 5.91 Å². The highest BCUT2D eigenvalue weighted by molar-refractivity contribution is 5.98. The first-order valence-electron chi connectivity index (χ1n) is 9.02. The number of primary amides is 1. The lowest BCUT2D eigenvalue weighted by atomic mass is 9.90. The fourth-order valence-electron chi connectivity index (χ4n) is 3.70. The molecule has 1 saturated heterocycles. The number of carbonyl (C=O) groups excluding carboxylic acids is 2. The van der Waals surface area contributed by atoms with Crippen LogP contribution in [0.3, 0.4) is 0 Å². The molecule has 1 aliphatic heterocycles. The highest BCUT2D eigenvalue weighted by Crippen LogP contribution is 2.30. The maximum absolute atomic E-state index is 12.8. The zero-order valence-electron chi connectivity index (χ0n) is 14.8. The molecule has 1 aliphatic rings. The highest BCUT2D eigenvalue weighted by Gasteiger charge is 2.29. The molecular weight excluding hydrogens is 340 g/mol. The van der Waals surface area contributed by atoms with Gasteiger partial charge in [0.2, 0.25) is 0 Å². The molecule has 1 fully saturated rings. The van der Waals surface area contributed by atoms with Crippen LogP contribution < -0.4 is 5.73 Å². The van der Waals surface area contributed by atoms with Gasteiger partial charge in [0.1, 0.15) is 0 Å². The third-order valence-electron chi connectivity index (χ3n) is 5.04. The molecule has 6 heteroatoms. The van der Waals surface area contributed by atoms with Crippen LogP contribution >= 0.6 is 0 Å². The SMILES string of the molecule is NC(=O)c1cc2ccccc2nc1[C@@H]1CCCN(C(=O)c2ccncc2)C1. The van der Waals surface area contributed by atoms with Gasteiger partial charge in [-0.3, -0.25) is 19.6 Å². The summed E-state index contributed by atoms with van der Waals surface area (Å²) < 4.78 is 0. The number of nitrogens with two attached hydrogens (primary N) is 1. The number of rotatable bonds is 3. The van der Waals surface area contributed by atoms with Crippen molar-refractivity contribution in [1.29, 1.82) is 0 Å². The Labute approximate surface area is 157 Å². The van der Waals surface area contributed by atoms with Crippen molar-refractivity contribution in [3.63, 3.8) is 0 Å². The van der Waals surface area contributed by atoms with E-state index >= 15 is 0 Å². The first kappa shape index (κ1) is 17.1. The molecule has 2 amide bonds. The van der Waals surface area contributed by atoms with Crippen molar-refractivity contribution in [3.8, 4) is 0 Å². The minimum Gasteiger partial charge on any atom is -0.366 e. The van der Waals surface area contributed by atoms with Crippen LogP contribution in [0.2, 0.25) is 0 Å². The van der Waals surface area contributed by atoms with E-state index in [2.05, 4.69) is 4.98 Å². The highest BCUT2D eigenvalue weighted by atomic mass is 16.2. The molecule has 136 valence electrons. The molecule has 0 spiro atoms. The van der Waals surface area contributed by atoms with Gasteiger partial charge in [-0.15, -0.1) is 0 Å². The third-order valence-corrected chi connectivity index (χ3v) is 5.04. The molecule has 0 radical (unpaired) electrons. The number of benzene rings is 1. The van der Waals surface area contributed by atoms with Crippen LogP contribution in [-0.2, 0) is 0 Å². The maximum atomic E-state index is 12.8. The molecule has 2 aromatic heterocycles. The normalized spacial score (nSPS) is 17.0. The van der Waals surface area contributed by atoms with E-state index in [1.54, 1.807) is 24.5 Å². The molecule has 0 unspecified atom stereocenters. The molecule has 2 N–H and O–H groups in total. The van der Waals surface area contributed by atoms with E-state index in [0.29, 0.717) is 29.9 Å². The maximum Gasteiger partial charge on any atom is 0.253 e. The number of likely N-dealkylation sites (tertiary alicyclic amines) is 1. The molecule has 1 aromatic carbocycles. The summed E-state index contributed by atoms with van der Waals surface area (Å²) in [5, 5.41) is 0.885. The lowest BCUT2D eigenvalue weighted by molar-refractivity contribution is 0.0705. The smallest absolute Gasteiger partial charge is 0.253 e. The Morgan fingerprint density at radius 2 is 1.89 bits per heavy atom. The van der Waals surface area contributed by atoms with E-state index in [-0.39, 0.29) is 11.8 Å². The van der Waals surface area contributed by atoms with Gasteiger partial charge in [0.05, 0.1) is 16.8 Å². The number of hydrogen-bond donors (Lipinski definition) is 1. The monoisotopic (exact) mass is 360 g/mol. The van der Waals surface area contributed by atoms with Crippen molar-refractivity contribution in [1.82, 2.24) is 14.9 Å². The van der Waals surface area contributed by atoms with Crippen molar-refractivity contribution in [2.24, 2.45) is 5.73 Å². The molecule has 0 saturated carbocycles. The Balaban J connectivity index is 1.67. The number of fused-ring (bicyclic) bond motifs is 1. The van der Waals surface area contributed by atoms with Crippen LogP contribution in [-0.4, -0.2) is 39.8 Å². The molecule has 6 nitrogen and oxygen atoms in total. The molecule has 0 aliphatic carbocycles. The van der Waals surface area contributed by atoms with Gasteiger partial charge in [-0.2, -0.15) is 0 Å². The second kappa shape index (κ2) is 7.15. The average molecular weight is 360 g/mol. The van der Waals surface area contributed by atoms with E-state index in [9.17, 15) is 9.59 Å². The van der Waals surface area contributed by atoms with E-state index in [4.69, 9.17) is 10.7 Å². The number of pyridine rings is 2. The number of amides is 2. The molecule has 3 aromatic rings. The lowest BCUT2D eigenvalue weighted by Gasteiger charge is -2.33. The molecule has 27 heavy (non-hydrogen) atoms. The number of aromatic nitrogens is 2. The summed E-state index contributed by atoms with van der Waals surface area (Å²) in [6.45, 7) is 1.21. The van der Waals surface area contributed by atoms with Crippen molar-refractivity contribution >= 4 is 22.7 Å². The van der Waals surface area contributed by atoms with Crippen molar-refractivity contribution in [2.75, 3.05) is 13.1 Å². The number of hydrogen-bond acceptors (Lipinski definition) is 4. The number of carbonyl (C=O) groups is 2. The first-order valence-corrected chi connectivity index (χ1v) is 9.02. The molecule has 3 heterocycles. The minimum atomic E-state index is -0.485. The largest absolute Gasteiger partial charge is 0.366 e. The Morgan fingerprint density at radius 1 is 1.11 bits per heavy atom. The summed E-state index contributed by atoms with van der Waals surface area (Å²) in [5.74, 6) is -0.527. The zero-order valence-corrected chi connectivity index (χ0v) is 14.8. The van der Waals surface area contributed by atoms with Crippen LogP contribution in [0.25, 0.3) is 10.9 Å². The van der Waals surface area contributed by atoms with Crippen molar-refractivity contribution < 1.29 is 9.59 Å². The van der Waals surface area contributed by atoms with Gasteiger partial charge < -0.3 is 10.6 Å². The Morgan fingerprint density at radius 3 is 2.67 bits per heavy atom. The quantitative estimate of drug-likeness (QED) is 0.778. The fraction of sp³-hybridized carbons (Fsp3) is 0.238. The molecular formula is C21H20N4O2. The van der Waals surface area contributed by atoms with Gasteiger partial charge in [-0.1, -0.05) is 18.2 Å². The minimum absolute atomic E-state index is 0.0170. The number of nitrogens with zero attached hydrogens (tertiary/aromatic N) is 3. The molecule has 4 rings (SSSR count). The third kappa shape index (κ3) is 3.38. The number of piperidine rings is 1. The topological polar surface area (TPSA) is 89.2 Å². The summed E-state index contributed by atoms with van der Waals surface area (Å²) >= 11 is 0. The predicted molar refractivity (Wildman–Crippen MR) is 102 cm³/mol. The second-order valence-electron chi connectivity index (χ2n) is 6.80. The van der Waals surface area contributed by atoms with Crippen LogP contribution in [0.5, 0.6) is 0 Å². The summed E-state index contributed by atoms with van der Waals surface area (Å²) in [6.07, 6.45) is 4.95. The van der Waals surface area contributed by atoms with Gasteiger partial charge >= 0.3 is 0 Å². The van der Waals surface area contributed by atoms with Gasteiger partial charge in [0, 0.05) is 42.4 Å². The fourth-order valence-corrected chi connectivity index (χ4v) is 3.70. The van der Waals surface area contributed by atoms with Gasteiger partial charge in [0.15, 0.2) is 0 Å². The van der Waals surface area contributed by atoms with Gasteiger partial charge in [-0.25, -0.2) is 0 Å². The predicted octanol–water partition coefficient (Wildman–Crippen LogP) is 2.75. The summed E-state index contributed by atoms with van der Waals surface area (Å²) in [6, 6.07) is 12.9. The van der Waals surface area contributed by atoms with Crippen LogP contribution in [0, 0.1) is 0 Å². The van der Waals surface area contributed by atoms with Crippen LogP contribution in [0.1, 0.15) is 45.2 Å². The average Bonchev–Trinajstić information content (AvgIpc) is 2.73. The summed E-state index contributed by atoms with van der Waals surface area (Å²) in [7, 11) is 0. The molecule has 1 atom stereocenters. The van der Waals surface area contributed by atoms with Crippen LogP contribution in [0.15, 0.2) is 54.9 Å². The summed E-state index contributed by atoms with van der Waals surface area (Å²) in [5.41, 5.74) is 8.21. The van der Waals surface area contributed by atoms with Crippen molar-refractivity contribution in [2.45, 2.75) is 18.8 Å². The van der Waals surface area contributed by atoms with E-state index in [1.807, 2.05) is 35.2 Å². The van der Waals surface area contributed by atoms with E-state index in [0.717, 1.165) is 23.7 Å². The Bertz CT molecular complexity index is 1000. The molecule has 0 bridgehead atoms. The second-order valence-corrected chi connectivity index (χ2v) is 6.80. The first-order chi connectivity index (χ1) is 13.1. The van der Waals surface area contributed by atoms with E-state index in [1.165, 1.54) is 0 Å². The van der Waals surface area contributed by atoms with Gasteiger partial charge in [0.25, 0.3) is 11.8 Å². The number of para-hydroxylation sites is 1. The summed E-state index contributed by atoms with van der Waals surface area (Å²) in [4.78, 5) is 35.4. The van der Waals surface area contributed by atoms with Gasteiger partial charge in [-0.05, 0) is 37.1 Å². The lowest BCUT2D eigenvalue weighted by Crippen LogP contribution is -2.39. The Hall–Kier alpha value is -3.28. The Kier molecular flexibility index (Phi) is 4.54. The standard InChI is InChI=1S/C21H20N4O2/c22-20(26)17-12-15-4-1-2-6-18(15)24-19(17)16-5-3-11-25(13-16)21(27)14-7-9-23-10-8-14/h1-2,4,6-10,12,16H,3,5,11,13H2,(H2,22,26)/t16-/m1/s1.